The number of nitriles is 1. The summed E-state index contributed by atoms with van der Waals surface area (Å²) >= 11 is 2.16. The second-order valence-electron chi connectivity index (χ2n) is 1.96. The molecule has 0 spiro atoms. The number of methoxy groups -OCH3 is 1. The molecule has 0 saturated carbocycles. The Morgan fingerprint density at radius 3 is 2.82 bits per heavy atom. The van der Waals surface area contributed by atoms with Crippen molar-refractivity contribution in [2.45, 2.75) is 0 Å². The van der Waals surface area contributed by atoms with Gasteiger partial charge in [0.25, 0.3) is 0 Å². The van der Waals surface area contributed by atoms with Crippen LogP contribution in [0.25, 0.3) is 0 Å². The standard InChI is InChI=1S/C8H6INO/c1-11-8-3-2-7(9)4-6(8)5-10/h2-4H,1H3. The van der Waals surface area contributed by atoms with E-state index in [1.165, 1.54) is 0 Å². The molecule has 0 aliphatic carbocycles. The van der Waals surface area contributed by atoms with E-state index in [-0.39, 0.29) is 0 Å². The van der Waals surface area contributed by atoms with Crippen LogP contribution in [0.4, 0.5) is 0 Å². The summed E-state index contributed by atoms with van der Waals surface area (Å²) in [6.07, 6.45) is 0. The Labute approximate surface area is 78.9 Å². The molecule has 0 atom stereocenters. The fourth-order valence-corrected chi connectivity index (χ4v) is 1.26. The third kappa shape index (κ3) is 1.84. The van der Waals surface area contributed by atoms with Gasteiger partial charge in [-0.15, -0.1) is 0 Å². The van der Waals surface area contributed by atoms with Gasteiger partial charge in [-0.2, -0.15) is 5.26 Å². The summed E-state index contributed by atoms with van der Waals surface area (Å²) < 4.78 is 6.01. The molecule has 0 heterocycles. The van der Waals surface area contributed by atoms with Crippen LogP contribution < -0.4 is 4.74 Å². The summed E-state index contributed by atoms with van der Waals surface area (Å²) in [6.45, 7) is 0. The quantitative estimate of drug-likeness (QED) is 0.724. The highest BCUT2D eigenvalue weighted by Gasteiger charge is 2.00. The van der Waals surface area contributed by atoms with Gasteiger partial charge in [-0.1, -0.05) is 0 Å². The van der Waals surface area contributed by atoms with Gasteiger partial charge in [0.2, 0.25) is 0 Å². The Morgan fingerprint density at radius 2 is 2.27 bits per heavy atom. The summed E-state index contributed by atoms with van der Waals surface area (Å²) in [6, 6.07) is 7.54. The van der Waals surface area contributed by atoms with Crippen LogP contribution in [0.3, 0.4) is 0 Å². The molecule has 2 nitrogen and oxygen atoms in total. The summed E-state index contributed by atoms with van der Waals surface area (Å²) in [5.41, 5.74) is 0.583. The molecular formula is C8H6INO. The van der Waals surface area contributed by atoms with Crippen molar-refractivity contribution in [3.05, 3.63) is 27.3 Å². The van der Waals surface area contributed by atoms with Gasteiger partial charge in [-0.05, 0) is 40.8 Å². The molecule has 1 aromatic rings. The van der Waals surface area contributed by atoms with Crippen molar-refractivity contribution >= 4 is 22.6 Å². The van der Waals surface area contributed by atoms with Gasteiger partial charge in [-0.25, -0.2) is 0 Å². The molecule has 0 aliphatic heterocycles. The monoisotopic (exact) mass is 259 g/mol. The van der Waals surface area contributed by atoms with Gasteiger partial charge in [0, 0.05) is 3.57 Å². The average Bonchev–Trinajstić information content (AvgIpc) is 2.04. The maximum absolute atomic E-state index is 8.64. The molecule has 0 radical (unpaired) electrons. The summed E-state index contributed by atoms with van der Waals surface area (Å²) in [7, 11) is 1.56. The highest BCUT2D eigenvalue weighted by molar-refractivity contribution is 14.1. The summed E-state index contributed by atoms with van der Waals surface area (Å²) in [4.78, 5) is 0. The Morgan fingerprint density at radius 1 is 1.55 bits per heavy atom. The molecule has 0 N–H and O–H groups in total. The van der Waals surface area contributed by atoms with E-state index in [1.807, 2.05) is 6.07 Å². The number of ether oxygens (including phenoxy) is 1. The second kappa shape index (κ2) is 3.58. The van der Waals surface area contributed by atoms with Crippen molar-refractivity contribution in [1.29, 1.82) is 5.26 Å². The fourth-order valence-electron chi connectivity index (χ4n) is 0.768. The van der Waals surface area contributed by atoms with E-state index in [0.717, 1.165) is 3.57 Å². The largest absolute Gasteiger partial charge is 0.495 e. The van der Waals surface area contributed by atoms with Crippen molar-refractivity contribution in [3.63, 3.8) is 0 Å². The lowest BCUT2D eigenvalue weighted by atomic mass is 10.2. The molecule has 0 aromatic heterocycles. The first-order valence-electron chi connectivity index (χ1n) is 3.01. The topological polar surface area (TPSA) is 33.0 Å². The van der Waals surface area contributed by atoms with E-state index in [4.69, 9.17) is 10.00 Å². The van der Waals surface area contributed by atoms with Gasteiger partial charge >= 0.3 is 0 Å². The molecule has 56 valence electrons. The van der Waals surface area contributed by atoms with Crippen LogP contribution in [-0.4, -0.2) is 7.11 Å². The SMILES string of the molecule is COc1ccc(I)cc1C#N. The Hall–Kier alpha value is -0.760. The zero-order chi connectivity index (χ0) is 8.27. The van der Waals surface area contributed by atoms with E-state index in [0.29, 0.717) is 11.3 Å². The zero-order valence-electron chi connectivity index (χ0n) is 5.97. The van der Waals surface area contributed by atoms with Crippen LogP contribution in [0, 0.1) is 14.9 Å². The minimum atomic E-state index is 0.583. The van der Waals surface area contributed by atoms with Gasteiger partial charge in [-0.3, -0.25) is 0 Å². The highest BCUT2D eigenvalue weighted by Crippen LogP contribution is 2.19. The third-order valence-electron chi connectivity index (χ3n) is 1.28. The number of benzene rings is 1. The van der Waals surface area contributed by atoms with Crippen LogP contribution in [-0.2, 0) is 0 Å². The van der Waals surface area contributed by atoms with Crippen LogP contribution in [0.15, 0.2) is 18.2 Å². The van der Waals surface area contributed by atoms with Crippen molar-refractivity contribution < 1.29 is 4.74 Å². The van der Waals surface area contributed by atoms with Crippen LogP contribution in [0.5, 0.6) is 5.75 Å². The average molecular weight is 259 g/mol. The molecule has 1 rings (SSSR count). The molecule has 0 unspecified atom stereocenters. The maximum atomic E-state index is 8.64. The van der Waals surface area contributed by atoms with E-state index < -0.39 is 0 Å². The highest BCUT2D eigenvalue weighted by atomic mass is 127. The molecule has 0 saturated heterocycles. The second-order valence-corrected chi connectivity index (χ2v) is 3.20. The van der Waals surface area contributed by atoms with Gasteiger partial charge in [0.1, 0.15) is 11.8 Å². The van der Waals surface area contributed by atoms with Gasteiger partial charge in [0.05, 0.1) is 12.7 Å². The number of nitrogens with zero attached hydrogens (tertiary/aromatic N) is 1. The smallest absolute Gasteiger partial charge is 0.136 e. The molecule has 0 bridgehead atoms. The molecule has 11 heavy (non-hydrogen) atoms. The van der Waals surface area contributed by atoms with Crippen LogP contribution >= 0.6 is 22.6 Å². The Kier molecular flexibility index (Phi) is 2.71. The molecule has 1 aromatic carbocycles. The molecule has 0 aliphatic rings. The van der Waals surface area contributed by atoms with Gasteiger partial charge in [0.15, 0.2) is 0 Å². The van der Waals surface area contributed by atoms with E-state index in [2.05, 4.69) is 28.7 Å². The third-order valence-corrected chi connectivity index (χ3v) is 1.95. The summed E-state index contributed by atoms with van der Waals surface area (Å²) in [5.74, 6) is 0.632. The minimum absolute atomic E-state index is 0.583. The first-order valence-corrected chi connectivity index (χ1v) is 4.09. The zero-order valence-corrected chi connectivity index (χ0v) is 8.12. The predicted octanol–water partition coefficient (Wildman–Crippen LogP) is 2.17. The van der Waals surface area contributed by atoms with Crippen LogP contribution in [0.1, 0.15) is 5.56 Å². The number of hydrogen-bond donors (Lipinski definition) is 0. The lowest BCUT2D eigenvalue weighted by Gasteiger charge is -2.00. The van der Waals surface area contributed by atoms with E-state index in [1.54, 1.807) is 19.2 Å². The first kappa shape index (κ1) is 8.34. The van der Waals surface area contributed by atoms with Crippen LogP contribution in [0.2, 0.25) is 0 Å². The lowest BCUT2D eigenvalue weighted by Crippen LogP contribution is -1.87. The summed E-state index contributed by atoms with van der Waals surface area (Å²) in [5, 5.41) is 8.64. The fraction of sp³-hybridized carbons (Fsp3) is 0.125. The maximum Gasteiger partial charge on any atom is 0.136 e. The predicted molar refractivity (Wildman–Crippen MR) is 50.4 cm³/mol. The minimum Gasteiger partial charge on any atom is -0.495 e. The van der Waals surface area contributed by atoms with E-state index >= 15 is 0 Å². The normalized spacial score (nSPS) is 8.82. The van der Waals surface area contributed by atoms with E-state index in [9.17, 15) is 0 Å². The van der Waals surface area contributed by atoms with Crippen molar-refractivity contribution in [2.24, 2.45) is 0 Å². The molecule has 3 heteroatoms. The molecule has 0 fully saturated rings. The Balaban J connectivity index is 3.19. The first-order chi connectivity index (χ1) is 5.27. The molecule has 0 amide bonds. The molecular weight excluding hydrogens is 253 g/mol. The number of rotatable bonds is 1. The van der Waals surface area contributed by atoms with Crippen molar-refractivity contribution in [3.8, 4) is 11.8 Å². The van der Waals surface area contributed by atoms with Crippen molar-refractivity contribution in [2.75, 3.05) is 7.11 Å². The van der Waals surface area contributed by atoms with Crippen molar-refractivity contribution in [1.82, 2.24) is 0 Å². The lowest BCUT2D eigenvalue weighted by molar-refractivity contribution is 0.413. The van der Waals surface area contributed by atoms with Gasteiger partial charge < -0.3 is 4.74 Å². The number of halogens is 1. The number of hydrogen-bond acceptors (Lipinski definition) is 2. The Bertz CT molecular complexity index is 303.